The van der Waals surface area contributed by atoms with Crippen molar-refractivity contribution in [1.82, 2.24) is 15.2 Å². The number of pyridine rings is 1. The highest BCUT2D eigenvalue weighted by molar-refractivity contribution is 7.91. The Morgan fingerprint density at radius 2 is 1.71 bits per heavy atom. The maximum atomic E-state index is 12.1. The highest BCUT2D eigenvalue weighted by Gasteiger charge is 2.40. The van der Waals surface area contributed by atoms with E-state index in [1.54, 1.807) is 31.2 Å². The van der Waals surface area contributed by atoms with Crippen molar-refractivity contribution in [3.8, 4) is 0 Å². The lowest BCUT2D eigenvalue weighted by Crippen LogP contribution is -2.44. The minimum Gasteiger partial charge on any atom is -0.365 e. The maximum absolute atomic E-state index is 12.1. The Morgan fingerprint density at radius 3 is 2.40 bits per heavy atom. The second-order valence-electron chi connectivity index (χ2n) is 9.63. The number of aliphatic hydroxyl groups excluding tert-OH is 1. The highest BCUT2D eigenvalue weighted by atomic mass is 32.2. The molecule has 2 fully saturated rings. The van der Waals surface area contributed by atoms with E-state index in [1.807, 2.05) is 18.3 Å². The van der Waals surface area contributed by atoms with Crippen molar-refractivity contribution in [3.05, 3.63) is 95.3 Å². The molecule has 7 heteroatoms. The largest absolute Gasteiger partial charge is 0.365 e. The number of likely N-dealkylation sites (tertiary alicyclic amines) is 1. The molecule has 2 aromatic carbocycles. The van der Waals surface area contributed by atoms with E-state index in [0.29, 0.717) is 17.4 Å². The molecule has 35 heavy (non-hydrogen) atoms. The number of aromatic nitrogens is 1. The fourth-order valence-electron chi connectivity index (χ4n) is 5.15. The molecule has 1 saturated carbocycles. The number of nitrogens with zero attached hydrogens (tertiary/aromatic N) is 2. The van der Waals surface area contributed by atoms with Crippen LogP contribution in [0.15, 0.2) is 77.8 Å². The molecule has 5 rings (SSSR count). The minimum atomic E-state index is -3.21. The monoisotopic (exact) mass is 491 g/mol. The van der Waals surface area contributed by atoms with Gasteiger partial charge in [-0.1, -0.05) is 55.5 Å². The molecule has 0 bridgehead atoms. The predicted molar refractivity (Wildman–Crippen MR) is 137 cm³/mol. The average Bonchev–Trinajstić information content (AvgIpc) is 3.65. The fraction of sp³-hybridized carbons (Fsp3) is 0.393. The molecule has 6 nitrogen and oxygen atoms in total. The van der Waals surface area contributed by atoms with E-state index in [1.165, 1.54) is 29.7 Å². The van der Waals surface area contributed by atoms with Crippen LogP contribution >= 0.6 is 0 Å². The standard InChI is InChI=1S/C28H33N3O3S/c1-2-35(33,34)23-14-10-20(11-15-23)17-30-28(32)31-18-25(21-7-4-3-5-8-21)26(19-31)27-24(22-12-13-22)9-6-16-29-27/h3-11,14-16,22,25-26,28,30,32H,2,12-13,17-19H2,1H3. The lowest BCUT2D eigenvalue weighted by molar-refractivity contribution is -0.0102. The molecule has 1 aromatic heterocycles. The summed E-state index contributed by atoms with van der Waals surface area (Å²) in [7, 11) is -3.21. The van der Waals surface area contributed by atoms with Gasteiger partial charge in [0.15, 0.2) is 16.2 Å². The summed E-state index contributed by atoms with van der Waals surface area (Å²) in [5.74, 6) is 1.16. The van der Waals surface area contributed by atoms with Crippen LogP contribution in [0.2, 0.25) is 0 Å². The van der Waals surface area contributed by atoms with Crippen molar-refractivity contribution in [2.75, 3.05) is 18.8 Å². The number of aliphatic hydroxyl groups is 1. The maximum Gasteiger partial charge on any atom is 0.178 e. The van der Waals surface area contributed by atoms with Gasteiger partial charge in [0, 0.05) is 43.4 Å². The van der Waals surface area contributed by atoms with Crippen LogP contribution in [0.5, 0.6) is 0 Å². The number of sulfone groups is 1. The van der Waals surface area contributed by atoms with Crippen molar-refractivity contribution < 1.29 is 13.5 Å². The van der Waals surface area contributed by atoms with Gasteiger partial charge in [0.2, 0.25) is 0 Å². The molecule has 1 aliphatic carbocycles. The van der Waals surface area contributed by atoms with Crippen LogP contribution in [0.25, 0.3) is 0 Å². The Bertz CT molecular complexity index is 1240. The molecule has 2 heterocycles. The zero-order valence-corrected chi connectivity index (χ0v) is 20.9. The molecule has 3 aromatic rings. The molecular formula is C28H33N3O3S. The molecule has 0 spiro atoms. The first kappa shape index (κ1) is 24.1. The van der Waals surface area contributed by atoms with Gasteiger partial charge in [-0.25, -0.2) is 8.42 Å². The van der Waals surface area contributed by atoms with Crippen LogP contribution in [0.4, 0.5) is 0 Å². The van der Waals surface area contributed by atoms with Crippen LogP contribution in [0, 0.1) is 0 Å². The van der Waals surface area contributed by atoms with Gasteiger partial charge in [-0.05, 0) is 53.6 Å². The van der Waals surface area contributed by atoms with Crippen molar-refractivity contribution in [1.29, 1.82) is 0 Å². The van der Waals surface area contributed by atoms with E-state index in [2.05, 4.69) is 40.5 Å². The summed E-state index contributed by atoms with van der Waals surface area (Å²) in [6, 6.07) is 21.7. The number of rotatable bonds is 9. The second-order valence-corrected chi connectivity index (χ2v) is 11.9. The van der Waals surface area contributed by atoms with Crippen molar-refractivity contribution in [3.63, 3.8) is 0 Å². The van der Waals surface area contributed by atoms with E-state index in [0.717, 1.165) is 18.7 Å². The molecule has 184 valence electrons. The first-order valence-electron chi connectivity index (χ1n) is 12.4. The van der Waals surface area contributed by atoms with Crippen molar-refractivity contribution >= 4 is 9.84 Å². The van der Waals surface area contributed by atoms with E-state index < -0.39 is 16.2 Å². The zero-order valence-electron chi connectivity index (χ0n) is 20.0. The Labute approximate surface area is 207 Å². The van der Waals surface area contributed by atoms with Gasteiger partial charge in [0.25, 0.3) is 0 Å². The summed E-state index contributed by atoms with van der Waals surface area (Å²) >= 11 is 0. The molecule has 2 aliphatic rings. The molecule has 1 saturated heterocycles. The predicted octanol–water partition coefficient (Wildman–Crippen LogP) is 4.00. The first-order chi connectivity index (χ1) is 17.0. The van der Waals surface area contributed by atoms with Gasteiger partial charge in [-0.15, -0.1) is 0 Å². The third-order valence-electron chi connectivity index (χ3n) is 7.31. The molecule has 0 amide bonds. The van der Waals surface area contributed by atoms with Crippen molar-refractivity contribution in [2.45, 2.75) is 55.3 Å². The fourth-order valence-corrected chi connectivity index (χ4v) is 6.03. The smallest absolute Gasteiger partial charge is 0.178 e. The van der Waals surface area contributed by atoms with Gasteiger partial charge in [0.05, 0.1) is 10.6 Å². The quantitative estimate of drug-likeness (QED) is 0.440. The van der Waals surface area contributed by atoms with Crippen LogP contribution in [-0.2, 0) is 16.4 Å². The zero-order chi connectivity index (χ0) is 24.4. The lowest BCUT2D eigenvalue weighted by Gasteiger charge is -2.24. The van der Waals surface area contributed by atoms with E-state index in [9.17, 15) is 13.5 Å². The normalized spacial score (nSPS) is 21.8. The van der Waals surface area contributed by atoms with E-state index in [-0.39, 0.29) is 17.6 Å². The Hall–Kier alpha value is -2.58. The van der Waals surface area contributed by atoms with Gasteiger partial charge in [-0.2, -0.15) is 0 Å². The van der Waals surface area contributed by atoms with E-state index in [4.69, 9.17) is 4.98 Å². The van der Waals surface area contributed by atoms with Gasteiger partial charge in [0.1, 0.15) is 0 Å². The number of hydrogen-bond acceptors (Lipinski definition) is 6. The summed E-state index contributed by atoms with van der Waals surface area (Å²) < 4.78 is 24.1. The Kier molecular flexibility index (Phi) is 7.02. The summed E-state index contributed by atoms with van der Waals surface area (Å²) in [5, 5.41) is 14.3. The third-order valence-corrected chi connectivity index (χ3v) is 9.06. The molecule has 2 N–H and O–H groups in total. The molecule has 3 unspecified atom stereocenters. The molecule has 0 radical (unpaired) electrons. The number of benzene rings is 2. The van der Waals surface area contributed by atoms with Gasteiger partial charge in [-0.3, -0.25) is 15.2 Å². The highest BCUT2D eigenvalue weighted by Crippen LogP contribution is 2.47. The minimum absolute atomic E-state index is 0.0841. The summed E-state index contributed by atoms with van der Waals surface area (Å²) in [4.78, 5) is 7.26. The van der Waals surface area contributed by atoms with E-state index >= 15 is 0 Å². The SMILES string of the molecule is CCS(=O)(=O)c1ccc(CNC(O)N2CC(c3ccccc3)C(c3ncccc3C3CC3)C2)cc1. The van der Waals surface area contributed by atoms with Crippen LogP contribution in [0.1, 0.15) is 59.9 Å². The Balaban J connectivity index is 1.31. The van der Waals surface area contributed by atoms with Crippen LogP contribution in [0.3, 0.4) is 0 Å². The van der Waals surface area contributed by atoms with Gasteiger partial charge >= 0.3 is 0 Å². The second kappa shape index (κ2) is 10.2. The van der Waals surface area contributed by atoms with Crippen molar-refractivity contribution in [2.24, 2.45) is 0 Å². The van der Waals surface area contributed by atoms with Crippen LogP contribution < -0.4 is 5.32 Å². The molecular weight excluding hydrogens is 458 g/mol. The molecule has 1 aliphatic heterocycles. The molecule has 3 atom stereocenters. The Morgan fingerprint density at radius 1 is 1.00 bits per heavy atom. The number of nitrogens with one attached hydrogen (secondary N) is 1. The number of hydrogen-bond donors (Lipinski definition) is 2. The first-order valence-corrected chi connectivity index (χ1v) is 14.1. The average molecular weight is 492 g/mol. The third kappa shape index (κ3) is 5.33. The van der Waals surface area contributed by atoms with Gasteiger partial charge < -0.3 is 5.11 Å². The summed E-state index contributed by atoms with van der Waals surface area (Å²) in [6.45, 7) is 3.54. The topological polar surface area (TPSA) is 82.5 Å². The lowest BCUT2D eigenvalue weighted by atomic mass is 9.84. The summed E-state index contributed by atoms with van der Waals surface area (Å²) in [6.07, 6.45) is 3.54. The summed E-state index contributed by atoms with van der Waals surface area (Å²) in [5.41, 5.74) is 4.73. The van der Waals surface area contributed by atoms with Crippen LogP contribution in [-0.4, -0.2) is 48.6 Å².